The number of halogens is 3. The van der Waals surface area contributed by atoms with Crippen LogP contribution in [0.2, 0.25) is 0 Å². The fourth-order valence-corrected chi connectivity index (χ4v) is 3.46. The summed E-state index contributed by atoms with van der Waals surface area (Å²) >= 11 is 0. The Bertz CT molecular complexity index is 274. The van der Waals surface area contributed by atoms with Crippen LogP contribution >= 0.6 is 0 Å². The van der Waals surface area contributed by atoms with Gasteiger partial charge in [0, 0.05) is 18.6 Å². The summed E-state index contributed by atoms with van der Waals surface area (Å²) in [5.74, 6) is 0.565. The normalized spacial score (nSPS) is 32.2. The molecule has 0 aromatic heterocycles. The number of rotatable bonds is 2. The van der Waals surface area contributed by atoms with Gasteiger partial charge < -0.3 is 5.32 Å². The van der Waals surface area contributed by atoms with Gasteiger partial charge in [-0.25, -0.2) is 0 Å². The average Bonchev–Trinajstić information content (AvgIpc) is 2.52. The van der Waals surface area contributed by atoms with E-state index < -0.39 is 12.7 Å². The molecule has 0 radical (unpaired) electrons. The van der Waals surface area contributed by atoms with E-state index in [0.717, 1.165) is 13.0 Å². The highest BCUT2D eigenvalue weighted by atomic mass is 19.4. The predicted octanol–water partition coefficient (Wildman–Crippen LogP) is 3.18. The summed E-state index contributed by atoms with van der Waals surface area (Å²) < 4.78 is 38.0. The summed E-state index contributed by atoms with van der Waals surface area (Å²) in [7, 11) is 0. The van der Waals surface area contributed by atoms with Crippen LogP contribution in [0.1, 0.15) is 45.4 Å². The van der Waals surface area contributed by atoms with Gasteiger partial charge in [0.2, 0.25) is 0 Å². The molecule has 1 saturated heterocycles. The molecule has 2 atom stereocenters. The van der Waals surface area contributed by atoms with Crippen molar-refractivity contribution in [1.82, 2.24) is 10.2 Å². The smallest absolute Gasteiger partial charge is 0.312 e. The van der Waals surface area contributed by atoms with Crippen LogP contribution in [-0.2, 0) is 0 Å². The zero-order chi connectivity index (χ0) is 13.9. The minimum Gasteiger partial charge on any atom is -0.312 e. The van der Waals surface area contributed by atoms with Gasteiger partial charge in [-0.3, -0.25) is 4.90 Å². The maximum atomic E-state index is 12.7. The Balaban J connectivity index is 1.97. The Kier molecular flexibility index (Phi) is 5.12. The molecular weight excluding hydrogens is 253 g/mol. The van der Waals surface area contributed by atoms with Gasteiger partial charge in [0.05, 0.1) is 6.54 Å². The molecule has 0 amide bonds. The summed E-state index contributed by atoms with van der Waals surface area (Å²) in [5, 5.41) is 3.49. The van der Waals surface area contributed by atoms with E-state index in [1.165, 1.54) is 32.1 Å². The zero-order valence-electron chi connectivity index (χ0n) is 11.7. The van der Waals surface area contributed by atoms with Crippen molar-refractivity contribution in [1.29, 1.82) is 0 Å². The van der Waals surface area contributed by atoms with E-state index >= 15 is 0 Å². The lowest BCUT2D eigenvalue weighted by atomic mass is 9.83. The van der Waals surface area contributed by atoms with Gasteiger partial charge >= 0.3 is 6.18 Å². The molecule has 1 N–H and O–H groups in total. The standard InChI is InChI=1S/C14H25F3N2/c1-11-7-8-18-13(12-5-3-2-4-6-12)9-19(11)10-14(15,16)17/h11-13,18H,2-10H2,1H3. The second kappa shape index (κ2) is 6.44. The lowest BCUT2D eigenvalue weighted by Crippen LogP contribution is -2.47. The molecule has 112 valence electrons. The third-order valence-corrected chi connectivity index (χ3v) is 4.62. The largest absolute Gasteiger partial charge is 0.401 e. The maximum Gasteiger partial charge on any atom is 0.401 e. The van der Waals surface area contributed by atoms with Crippen LogP contribution in [0.3, 0.4) is 0 Å². The van der Waals surface area contributed by atoms with Gasteiger partial charge in [-0.1, -0.05) is 19.3 Å². The summed E-state index contributed by atoms with van der Waals surface area (Å²) in [5.41, 5.74) is 0. The number of hydrogen-bond acceptors (Lipinski definition) is 2. The highest BCUT2D eigenvalue weighted by Gasteiger charge is 2.36. The molecular formula is C14H25F3N2. The van der Waals surface area contributed by atoms with E-state index in [9.17, 15) is 13.2 Å². The second-order valence-electron chi connectivity index (χ2n) is 6.14. The van der Waals surface area contributed by atoms with Crippen molar-refractivity contribution in [3.05, 3.63) is 0 Å². The van der Waals surface area contributed by atoms with Crippen molar-refractivity contribution in [3.8, 4) is 0 Å². The van der Waals surface area contributed by atoms with Crippen LogP contribution < -0.4 is 5.32 Å². The fourth-order valence-electron chi connectivity index (χ4n) is 3.46. The first kappa shape index (κ1) is 15.1. The zero-order valence-corrected chi connectivity index (χ0v) is 11.7. The van der Waals surface area contributed by atoms with Gasteiger partial charge in [-0.05, 0) is 38.6 Å². The quantitative estimate of drug-likeness (QED) is 0.834. The molecule has 1 saturated carbocycles. The monoisotopic (exact) mass is 278 g/mol. The van der Waals surface area contributed by atoms with Gasteiger partial charge in [-0.2, -0.15) is 13.2 Å². The van der Waals surface area contributed by atoms with Crippen molar-refractivity contribution in [3.63, 3.8) is 0 Å². The Morgan fingerprint density at radius 3 is 2.42 bits per heavy atom. The molecule has 1 aliphatic heterocycles. The van der Waals surface area contributed by atoms with E-state index in [0.29, 0.717) is 12.5 Å². The van der Waals surface area contributed by atoms with Gasteiger partial charge in [0.25, 0.3) is 0 Å². The summed E-state index contributed by atoms with van der Waals surface area (Å²) in [6.07, 6.45) is 2.81. The molecule has 2 rings (SSSR count). The Morgan fingerprint density at radius 1 is 1.11 bits per heavy atom. The van der Waals surface area contributed by atoms with Gasteiger partial charge in [0.15, 0.2) is 0 Å². The molecule has 0 aromatic carbocycles. The van der Waals surface area contributed by atoms with E-state index in [4.69, 9.17) is 0 Å². The molecule has 2 aliphatic rings. The number of nitrogens with zero attached hydrogens (tertiary/aromatic N) is 1. The van der Waals surface area contributed by atoms with Crippen molar-refractivity contribution in [2.45, 2.75) is 63.7 Å². The van der Waals surface area contributed by atoms with Crippen LogP contribution in [0, 0.1) is 5.92 Å². The molecule has 19 heavy (non-hydrogen) atoms. The summed E-state index contributed by atoms with van der Waals surface area (Å²) in [4.78, 5) is 1.62. The molecule has 1 heterocycles. The third kappa shape index (κ3) is 4.63. The highest BCUT2D eigenvalue weighted by molar-refractivity contribution is 4.87. The Labute approximate surface area is 113 Å². The first-order valence-corrected chi connectivity index (χ1v) is 7.50. The Morgan fingerprint density at radius 2 is 1.79 bits per heavy atom. The Hall–Kier alpha value is -0.290. The van der Waals surface area contributed by atoms with Crippen molar-refractivity contribution >= 4 is 0 Å². The van der Waals surface area contributed by atoms with Crippen molar-refractivity contribution in [2.75, 3.05) is 19.6 Å². The first-order chi connectivity index (χ1) is 8.96. The molecule has 2 unspecified atom stereocenters. The predicted molar refractivity (Wildman–Crippen MR) is 70.1 cm³/mol. The number of hydrogen-bond donors (Lipinski definition) is 1. The minimum absolute atomic E-state index is 0.0164. The lowest BCUT2D eigenvalue weighted by Gasteiger charge is -2.34. The fraction of sp³-hybridized carbons (Fsp3) is 1.00. The average molecular weight is 278 g/mol. The molecule has 1 aliphatic carbocycles. The third-order valence-electron chi connectivity index (χ3n) is 4.62. The summed E-state index contributed by atoms with van der Waals surface area (Å²) in [6.45, 7) is 2.54. The lowest BCUT2D eigenvalue weighted by molar-refractivity contribution is -0.150. The van der Waals surface area contributed by atoms with E-state index in [1.807, 2.05) is 6.92 Å². The van der Waals surface area contributed by atoms with E-state index in [1.54, 1.807) is 4.90 Å². The van der Waals surface area contributed by atoms with Crippen LogP contribution in [0.4, 0.5) is 13.2 Å². The van der Waals surface area contributed by atoms with Crippen LogP contribution in [0.15, 0.2) is 0 Å². The molecule has 2 nitrogen and oxygen atoms in total. The van der Waals surface area contributed by atoms with Crippen LogP contribution in [0.25, 0.3) is 0 Å². The van der Waals surface area contributed by atoms with E-state index in [-0.39, 0.29) is 12.1 Å². The van der Waals surface area contributed by atoms with E-state index in [2.05, 4.69) is 5.32 Å². The molecule has 5 heteroatoms. The SMILES string of the molecule is CC1CCNC(C2CCCCC2)CN1CC(F)(F)F. The van der Waals surface area contributed by atoms with Crippen molar-refractivity contribution < 1.29 is 13.2 Å². The molecule has 0 bridgehead atoms. The molecule has 2 fully saturated rings. The first-order valence-electron chi connectivity index (χ1n) is 7.50. The number of nitrogens with one attached hydrogen (secondary N) is 1. The van der Waals surface area contributed by atoms with Crippen molar-refractivity contribution in [2.24, 2.45) is 5.92 Å². The van der Waals surface area contributed by atoms with Gasteiger partial charge in [0.1, 0.15) is 0 Å². The van der Waals surface area contributed by atoms with Gasteiger partial charge in [-0.15, -0.1) is 0 Å². The minimum atomic E-state index is -4.09. The summed E-state index contributed by atoms with van der Waals surface area (Å²) in [6, 6.07) is 0.260. The second-order valence-corrected chi connectivity index (χ2v) is 6.14. The van der Waals surface area contributed by atoms with Crippen LogP contribution in [-0.4, -0.2) is 42.8 Å². The molecule has 0 spiro atoms. The topological polar surface area (TPSA) is 15.3 Å². The number of alkyl halides is 3. The highest BCUT2D eigenvalue weighted by Crippen LogP contribution is 2.29. The molecule has 0 aromatic rings. The maximum absolute atomic E-state index is 12.7. The van der Waals surface area contributed by atoms with Crippen LogP contribution in [0.5, 0.6) is 0 Å².